The van der Waals surface area contributed by atoms with Gasteiger partial charge in [-0.15, -0.1) is 5.10 Å². The largest absolute Gasteiger partial charge is 0.491 e. The Morgan fingerprint density at radius 1 is 1.37 bits per heavy atom. The first kappa shape index (κ1) is 14.1. The molecule has 0 spiro atoms. The summed E-state index contributed by atoms with van der Waals surface area (Å²) in [5.74, 6) is 0.939. The molecule has 1 heterocycles. The monoisotopic (exact) mass is 323 g/mol. The smallest absolute Gasteiger partial charge is 0.122 e. The van der Waals surface area contributed by atoms with Gasteiger partial charge in [0.15, 0.2) is 0 Å². The third-order valence-electron chi connectivity index (χ3n) is 2.89. The van der Waals surface area contributed by atoms with Crippen LogP contribution < -0.4 is 4.74 Å². The van der Waals surface area contributed by atoms with Crippen molar-refractivity contribution in [3.63, 3.8) is 0 Å². The van der Waals surface area contributed by atoms with Crippen molar-refractivity contribution in [3.8, 4) is 5.75 Å². The van der Waals surface area contributed by atoms with Crippen LogP contribution in [0.4, 0.5) is 0 Å². The van der Waals surface area contributed by atoms with Crippen LogP contribution in [0.3, 0.4) is 0 Å². The fourth-order valence-electron chi connectivity index (χ4n) is 1.72. The van der Waals surface area contributed by atoms with E-state index in [0.717, 1.165) is 17.0 Å². The molecule has 19 heavy (non-hydrogen) atoms. The molecule has 0 aliphatic rings. The number of ether oxygens (including phenoxy) is 1. The van der Waals surface area contributed by atoms with Crippen molar-refractivity contribution in [2.24, 2.45) is 0 Å². The van der Waals surface area contributed by atoms with E-state index in [1.54, 1.807) is 4.68 Å². The normalized spacial score (nSPS) is 12.4. The van der Waals surface area contributed by atoms with Gasteiger partial charge in [0, 0.05) is 6.20 Å². The summed E-state index contributed by atoms with van der Waals surface area (Å²) >= 11 is 3.47. The van der Waals surface area contributed by atoms with Crippen molar-refractivity contribution in [3.05, 3.63) is 41.2 Å². The SMILES string of the molecule is Cc1ccc(C)c(OCCn2cc(C(C)Br)nn2)c1. The van der Waals surface area contributed by atoms with Crippen LogP contribution in [0.25, 0.3) is 0 Å². The van der Waals surface area contributed by atoms with Crippen molar-refractivity contribution in [1.29, 1.82) is 0 Å². The van der Waals surface area contributed by atoms with Crippen LogP contribution >= 0.6 is 15.9 Å². The topological polar surface area (TPSA) is 39.9 Å². The summed E-state index contributed by atoms with van der Waals surface area (Å²) in [5.41, 5.74) is 3.29. The molecule has 0 saturated heterocycles. The van der Waals surface area contributed by atoms with E-state index in [-0.39, 0.29) is 4.83 Å². The highest BCUT2D eigenvalue weighted by Crippen LogP contribution is 2.20. The minimum absolute atomic E-state index is 0.223. The highest BCUT2D eigenvalue weighted by molar-refractivity contribution is 9.09. The third kappa shape index (κ3) is 3.80. The maximum atomic E-state index is 5.79. The molecule has 1 atom stereocenters. The first-order valence-electron chi connectivity index (χ1n) is 6.30. The Hall–Kier alpha value is -1.36. The van der Waals surface area contributed by atoms with Gasteiger partial charge in [-0.05, 0) is 38.0 Å². The fraction of sp³-hybridized carbons (Fsp3) is 0.429. The zero-order valence-electron chi connectivity index (χ0n) is 11.4. The molecule has 2 aromatic rings. The van der Waals surface area contributed by atoms with Crippen molar-refractivity contribution in [1.82, 2.24) is 15.0 Å². The number of nitrogens with zero attached hydrogens (tertiary/aromatic N) is 3. The molecule has 0 saturated carbocycles. The lowest BCUT2D eigenvalue weighted by molar-refractivity contribution is 0.288. The van der Waals surface area contributed by atoms with Gasteiger partial charge in [-0.1, -0.05) is 33.3 Å². The van der Waals surface area contributed by atoms with E-state index in [2.05, 4.69) is 58.3 Å². The second-order valence-electron chi connectivity index (χ2n) is 4.64. The van der Waals surface area contributed by atoms with Gasteiger partial charge in [0.1, 0.15) is 12.4 Å². The van der Waals surface area contributed by atoms with Crippen LogP contribution in [0.2, 0.25) is 0 Å². The Balaban J connectivity index is 1.90. The number of aromatic nitrogens is 3. The first-order valence-corrected chi connectivity index (χ1v) is 7.22. The van der Waals surface area contributed by atoms with Gasteiger partial charge in [-0.2, -0.15) is 0 Å². The number of hydrogen-bond acceptors (Lipinski definition) is 3. The number of hydrogen-bond donors (Lipinski definition) is 0. The van der Waals surface area contributed by atoms with Crippen LogP contribution in [0, 0.1) is 13.8 Å². The summed E-state index contributed by atoms with van der Waals surface area (Å²) in [6.07, 6.45) is 1.94. The zero-order valence-corrected chi connectivity index (χ0v) is 13.0. The summed E-state index contributed by atoms with van der Waals surface area (Å²) in [4.78, 5) is 0.223. The number of rotatable bonds is 5. The molecule has 0 aliphatic carbocycles. The maximum Gasteiger partial charge on any atom is 0.122 e. The van der Waals surface area contributed by atoms with Crippen molar-refractivity contribution in [2.75, 3.05) is 6.61 Å². The van der Waals surface area contributed by atoms with Crippen molar-refractivity contribution < 1.29 is 4.74 Å². The summed E-state index contributed by atoms with van der Waals surface area (Å²) in [6, 6.07) is 6.22. The Morgan fingerprint density at radius 3 is 2.84 bits per heavy atom. The molecule has 1 aromatic heterocycles. The van der Waals surface area contributed by atoms with Gasteiger partial charge in [0.2, 0.25) is 0 Å². The van der Waals surface area contributed by atoms with E-state index in [9.17, 15) is 0 Å². The van der Waals surface area contributed by atoms with Crippen LogP contribution in [-0.2, 0) is 6.54 Å². The first-order chi connectivity index (χ1) is 9.06. The van der Waals surface area contributed by atoms with E-state index >= 15 is 0 Å². The molecule has 0 radical (unpaired) electrons. The molecule has 0 bridgehead atoms. The van der Waals surface area contributed by atoms with Crippen molar-refractivity contribution in [2.45, 2.75) is 32.1 Å². The van der Waals surface area contributed by atoms with E-state index < -0.39 is 0 Å². The second-order valence-corrected chi connectivity index (χ2v) is 6.01. The molecular weight excluding hydrogens is 306 g/mol. The molecule has 4 nitrogen and oxygen atoms in total. The lowest BCUT2D eigenvalue weighted by Gasteiger charge is -2.09. The Labute approximate surface area is 121 Å². The molecule has 0 N–H and O–H groups in total. The molecule has 5 heteroatoms. The molecule has 1 unspecified atom stereocenters. The number of alkyl halides is 1. The van der Waals surface area contributed by atoms with Gasteiger partial charge in [-0.25, -0.2) is 4.68 Å². The van der Waals surface area contributed by atoms with Gasteiger partial charge < -0.3 is 4.74 Å². The van der Waals surface area contributed by atoms with Crippen LogP contribution in [0.15, 0.2) is 24.4 Å². The van der Waals surface area contributed by atoms with Crippen LogP contribution in [-0.4, -0.2) is 21.6 Å². The van der Waals surface area contributed by atoms with Crippen LogP contribution in [0.5, 0.6) is 5.75 Å². The fourth-order valence-corrected chi connectivity index (χ4v) is 1.93. The third-order valence-corrected chi connectivity index (χ3v) is 3.35. The number of aryl methyl sites for hydroxylation is 2. The van der Waals surface area contributed by atoms with E-state index in [1.165, 1.54) is 5.56 Å². The summed E-state index contributed by atoms with van der Waals surface area (Å²) < 4.78 is 7.59. The Morgan fingerprint density at radius 2 is 2.16 bits per heavy atom. The number of halogens is 1. The molecule has 0 aliphatic heterocycles. The molecule has 102 valence electrons. The quantitative estimate of drug-likeness (QED) is 0.791. The molecule has 1 aromatic carbocycles. The lowest BCUT2D eigenvalue weighted by atomic mass is 10.1. The van der Waals surface area contributed by atoms with Gasteiger partial charge in [-0.3, -0.25) is 0 Å². The van der Waals surface area contributed by atoms with E-state index in [0.29, 0.717) is 13.2 Å². The predicted octanol–water partition coefficient (Wildman–Crippen LogP) is 3.43. The standard InChI is InChI=1S/C14H18BrN3O/c1-10-4-5-11(2)14(8-10)19-7-6-18-9-13(12(3)15)16-17-18/h4-5,8-9,12H,6-7H2,1-3H3. The van der Waals surface area contributed by atoms with E-state index in [1.807, 2.05) is 13.1 Å². The molecule has 2 rings (SSSR count). The van der Waals surface area contributed by atoms with Gasteiger partial charge in [0.05, 0.1) is 17.1 Å². The average Bonchev–Trinajstić information content (AvgIpc) is 2.82. The summed E-state index contributed by atoms with van der Waals surface area (Å²) in [5, 5.41) is 8.15. The molecular formula is C14H18BrN3O. The van der Waals surface area contributed by atoms with Crippen molar-refractivity contribution >= 4 is 15.9 Å². The summed E-state index contributed by atoms with van der Waals surface area (Å²) in [7, 11) is 0. The lowest BCUT2D eigenvalue weighted by Crippen LogP contribution is -2.09. The highest BCUT2D eigenvalue weighted by Gasteiger charge is 2.06. The van der Waals surface area contributed by atoms with E-state index in [4.69, 9.17) is 4.74 Å². The number of benzene rings is 1. The van der Waals surface area contributed by atoms with Gasteiger partial charge >= 0.3 is 0 Å². The van der Waals surface area contributed by atoms with Gasteiger partial charge in [0.25, 0.3) is 0 Å². The zero-order chi connectivity index (χ0) is 13.8. The average molecular weight is 324 g/mol. The predicted molar refractivity (Wildman–Crippen MR) is 78.8 cm³/mol. The molecule has 0 amide bonds. The summed E-state index contributed by atoms with van der Waals surface area (Å²) in [6.45, 7) is 7.42. The maximum absolute atomic E-state index is 5.79. The molecule has 0 fully saturated rings. The Kier molecular flexibility index (Phi) is 4.58. The minimum Gasteiger partial charge on any atom is -0.491 e. The Bertz CT molecular complexity index is 551. The minimum atomic E-state index is 0.223. The van der Waals surface area contributed by atoms with Crippen LogP contribution in [0.1, 0.15) is 28.6 Å². The highest BCUT2D eigenvalue weighted by atomic mass is 79.9. The second kappa shape index (κ2) is 6.19.